The van der Waals surface area contributed by atoms with Crippen LogP contribution >= 0.6 is 7.14 Å². The highest BCUT2D eigenvalue weighted by Gasteiger charge is 2.33. The Morgan fingerprint density at radius 1 is 0.969 bits per heavy atom. The zero-order valence-corrected chi connectivity index (χ0v) is 18.2. The predicted octanol–water partition coefficient (Wildman–Crippen LogP) is 4.40. The minimum absolute atomic E-state index is 0.301. The Morgan fingerprint density at radius 2 is 1.78 bits per heavy atom. The number of hydrogen-bond donors (Lipinski definition) is 0. The van der Waals surface area contributed by atoms with Crippen LogP contribution in [0, 0.1) is 11.6 Å². The van der Waals surface area contributed by atoms with Gasteiger partial charge in [-0.25, -0.2) is 13.8 Å². The number of rotatable bonds is 4. The predicted molar refractivity (Wildman–Crippen MR) is 122 cm³/mol. The van der Waals surface area contributed by atoms with Crippen molar-refractivity contribution in [3.8, 4) is 0 Å². The molecule has 1 aliphatic rings. The standard InChI is InChI=1S/C24H21F2N4OP/c25-19-6-8-24(27-16-19)30-9-11-32(31,12-10-30)23-14-17(5-7-21(23)26)13-22-20-4-2-1-3-18(20)15-28-29-22/h1-8,14-16H,9-13H2. The van der Waals surface area contributed by atoms with Gasteiger partial charge in [-0.2, -0.15) is 10.2 Å². The van der Waals surface area contributed by atoms with Gasteiger partial charge < -0.3 is 9.46 Å². The quantitative estimate of drug-likeness (QED) is 0.432. The molecule has 0 spiro atoms. The van der Waals surface area contributed by atoms with Gasteiger partial charge >= 0.3 is 0 Å². The SMILES string of the molecule is O=P1(c2cc(Cc3nncc4ccccc34)ccc2F)CCN(c2ccc(F)cn2)CC1. The van der Waals surface area contributed by atoms with Crippen molar-refractivity contribution in [3.63, 3.8) is 0 Å². The molecular formula is C24H21F2N4OP. The first kappa shape index (κ1) is 20.7. The Balaban J connectivity index is 1.39. The molecule has 1 fully saturated rings. The van der Waals surface area contributed by atoms with Gasteiger partial charge in [0.2, 0.25) is 0 Å². The molecule has 32 heavy (non-hydrogen) atoms. The van der Waals surface area contributed by atoms with Gasteiger partial charge in [0.25, 0.3) is 0 Å². The van der Waals surface area contributed by atoms with E-state index in [4.69, 9.17) is 0 Å². The summed E-state index contributed by atoms with van der Waals surface area (Å²) in [7, 11) is -2.91. The molecule has 3 heterocycles. The van der Waals surface area contributed by atoms with Crippen LogP contribution in [0.5, 0.6) is 0 Å². The smallest absolute Gasteiger partial charge is 0.141 e. The van der Waals surface area contributed by atoms with Crippen LogP contribution in [-0.4, -0.2) is 40.6 Å². The molecule has 0 unspecified atom stereocenters. The Morgan fingerprint density at radius 3 is 2.56 bits per heavy atom. The molecule has 0 saturated carbocycles. The molecule has 5 nitrogen and oxygen atoms in total. The molecule has 0 radical (unpaired) electrons. The first-order valence-electron chi connectivity index (χ1n) is 10.4. The van der Waals surface area contributed by atoms with Crippen LogP contribution in [0.1, 0.15) is 11.3 Å². The van der Waals surface area contributed by atoms with E-state index in [0.29, 0.717) is 43.0 Å². The monoisotopic (exact) mass is 450 g/mol. The van der Waals surface area contributed by atoms with Gasteiger partial charge in [-0.1, -0.05) is 30.3 Å². The van der Waals surface area contributed by atoms with Gasteiger partial charge in [-0.3, -0.25) is 0 Å². The van der Waals surface area contributed by atoms with Crippen molar-refractivity contribution in [3.05, 3.63) is 89.9 Å². The van der Waals surface area contributed by atoms with Crippen LogP contribution in [0.2, 0.25) is 0 Å². The lowest BCUT2D eigenvalue weighted by Gasteiger charge is -2.33. The summed E-state index contributed by atoms with van der Waals surface area (Å²) in [6.07, 6.45) is 4.06. The lowest BCUT2D eigenvalue weighted by Crippen LogP contribution is -2.38. The summed E-state index contributed by atoms with van der Waals surface area (Å²) in [5.74, 6) is -0.193. The number of benzene rings is 2. The molecule has 1 saturated heterocycles. The lowest BCUT2D eigenvalue weighted by molar-refractivity contribution is 0.570. The average molecular weight is 450 g/mol. The zero-order chi connectivity index (χ0) is 22.1. The first-order chi connectivity index (χ1) is 15.5. The van der Waals surface area contributed by atoms with E-state index in [1.165, 1.54) is 18.3 Å². The first-order valence-corrected chi connectivity index (χ1v) is 12.5. The molecule has 0 aliphatic carbocycles. The number of nitrogens with zero attached hydrogens (tertiary/aromatic N) is 4. The molecule has 0 atom stereocenters. The summed E-state index contributed by atoms with van der Waals surface area (Å²) in [6.45, 7) is 0.961. The van der Waals surface area contributed by atoms with E-state index in [-0.39, 0.29) is 0 Å². The van der Waals surface area contributed by atoms with Crippen molar-refractivity contribution in [1.29, 1.82) is 0 Å². The Kier molecular flexibility index (Phi) is 5.43. The number of aromatic nitrogens is 3. The zero-order valence-electron chi connectivity index (χ0n) is 17.3. The van der Waals surface area contributed by atoms with Gasteiger partial charge in [-0.05, 0) is 29.8 Å². The maximum absolute atomic E-state index is 14.8. The number of halogens is 2. The minimum Gasteiger partial charge on any atom is -0.356 e. The molecule has 0 N–H and O–H groups in total. The number of anilines is 1. The van der Waals surface area contributed by atoms with Crippen molar-refractivity contribution in [2.24, 2.45) is 0 Å². The second-order valence-corrected chi connectivity index (χ2v) is 11.2. The Hall–Kier alpha value is -3.18. The third-order valence-electron chi connectivity index (χ3n) is 5.97. The van der Waals surface area contributed by atoms with Crippen LogP contribution in [0.25, 0.3) is 10.8 Å². The van der Waals surface area contributed by atoms with Crippen molar-refractivity contribution in [1.82, 2.24) is 15.2 Å². The van der Waals surface area contributed by atoms with Gasteiger partial charge in [-0.15, -0.1) is 0 Å². The fraction of sp³-hybridized carbons (Fsp3) is 0.208. The summed E-state index contributed by atoms with van der Waals surface area (Å²) in [5.41, 5.74) is 1.65. The number of hydrogen-bond acceptors (Lipinski definition) is 5. The molecular weight excluding hydrogens is 429 g/mol. The summed E-state index contributed by atoms with van der Waals surface area (Å²) >= 11 is 0. The maximum Gasteiger partial charge on any atom is 0.141 e. The molecule has 2 aromatic carbocycles. The summed E-state index contributed by atoms with van der Waals surface area (Å²) in [6, 6.07) is 15.7. The average Bonchev–Trinajstić information content (AvgIpc) is 2.82. The van der Waals surface area contributed by atoms with Crippen LogP contribution in [0.15, 0.2) is 67.0 Å². The summed E-state index contributed by atoms with van der Waals surface area (Å²) < 4.78 is 41.7. The van der Waals surface area contributed by atoms with Crippen LogP contribution in [-0.2, 0) is 11.0 Å². The number of fused-ring (bicyclic) bond motifs is 1. The largest absolute Gasteiger partial charge is 0.356 e. The minimum atomic E-state index is -2.91. The molecule has 162 valence electrons. The second kappa shape index (κ2) is 8.40. The second-order valence-electron chi connectivity index (χ2n) is 8.00. The Bertz CT molecular complexity index is 1310. The van der Waals surface area contributed by atoms with E-state index < -0.39 is 18.8 Å². The molecule has 4 aromatic rings. The fourth-order valence-electron chi connectivity index (χ4n) is 4.20. The highest BCUT2D eigenvalue weighted by atomic mass is 31.2. The van der Waals surface area contributed by atoms with Crippen LogP contribution in [0.3, 0.4) is 0 Å². The third-order valence-corrected chi connectivity index (χ3v) is 9.03. The molecule has 1 aliphatic heterocycles. The van der Waals surface area contributed by atoms with Crippen molar-refractivity contribution in [2.45, 2.75) is 6.42 Å². The fourth-order valence-corrected chi connectivity index (χ4v) is 6.90. The van der Waals surface area contributed by atoms with Crippen molar-refractivity contribution in [2.75, 3.05) is 30.3 Å². The van der Waals surface area contributed by atoms with E-state index >= 15 is 0 Å². The highest BCUT2D eigenvalue weighted by Crippen LogP contribution is 2.47. The van der Waals surface area contributed by atoms with E-state index in [1.54, 1.807) is 24.4 Å². The van der Waals surface area contributed by atoms with E-state index in [1.807, 2.05) is 29.2 Å². The Labute approximate surface area is 184 Å². The topological polar surface area (TPSA) is 59.0 Å². The van der Waals surface area contributed by atoms with Crippen LogP contribution < -0.4 is 10.2 Å². The summed E-state index contributed by atoms with van der Waals surface area (Å²) in [4.78, 5) is 6.06. The van der Waals surface area contributed by atoms with Crippen LogP contribution in [0.4, 0.5) is 14.6 Å². The van der Waals surface area contributed by atoms with E-state index in [0.717, 1.165) is 22.0 Å². The lowest BCUT2D eigenvalue weighted by atomic mass is 10.0. The van der Waals surface area contributed by atoms with E-state index in [9.17, 15) is 13.3 Å². The normalized spacial score (nSPS) is 15.8. The molecule has 8 heteroatoms. The van der Waals surface area contributed by atoms with E-state index in [2.05, 4.69) is 15.2 Å². The molecule has 0 amide bonds. The van der Waals surface area contributed by atoms with Crippen molar-refractivity contribution >= 4 is 29.0 Å². The van der Waals surface area contributed by atoms with Gasteiger partial charge in [0.1, 0.15) is 24.6 Å². The number of pyridine rings is 1. The third kappa shape index (κ3) is 4.00. The van der Waals surface area contributed by atoms with Gasteiger partial charge in [0.15, 0.2) is 0 Å². The van der Waals surface area contributed by atoms with Crippen molar-refractivity contribution < 1.29 is 13.3 Å². The van der Waals surface area contributed by atoms with Gasteiger partial charge in [0.05, 0.1) is 18.1 Å². The summed E-state index contributed by atoms with van der Waals surface area (Å²) in [5, 5.41) is 10.7. The maximum atomic E-state index is 14.8. The molecule has 0 bridgehead atoms. The highest BCUT2D eigenvalue weighted by molar-refractivity contribution is 7.71. The van der Waals surface area contributed by atoms with Gasteiger partial charge in [0, 0.05) is 47.9 Å². The molecule has 2 aromatic heterocycles. The molecule has 5 rings (SSSR count).